The van der Waals surface area contributed by atoms with Crippen LogP contribution < -0.4 is 10.6 Å². The predicted octanol–water partition coefficient (Wildman–Crippen LogP) is 5.29. The standard InChI is InChI=1S/C26H26N4O3/c1-15-6-8-17(9-7-15)21-14-20(22-16(2)30-33-25(22)28-21)24(32)27-19-12-10-18(11-13-19)23(31)29-26(3,4)5/h6-14H,1-5H3,(H,27,32)(H,29,31). The van der Waals surface area contributed by atoms with E-state index in [9.17, 15) is 9.59 Å². The van der Waals surface area contributed by atoms with Gasteiger partial charge in [-0.25, -0.2) is 4.98 Å². The lowest BCUT2D eigenvalue weighted by atomic mass is 10.0. The number of hydrogen-bond donors (Lipinski definition) is 2. The van der Waals surface area contributed by atoms with Crippen LogP contribution in [0.2, 0.25) is 0 Å². The highest BCUT2D eigenvalue weighted by Crippen LogP contribution is 2.28. The van der Waals surface area contributed by atoms with Gasteiger partial charge in [0, 0.05) is 22.4 Å². The molecule has 0 bridgehead atoms. The molecule has 0 saturated heterocycles. The fourth-order valence-corrected chi connectivity index (χ4v) is 3.46. The number of amides is 2. The van der Waals surface area contributed by atoms with Crippen LogP contribution in [0, 0.1) is 13.8 Å². The summed E-state index contributed by atoms with van der Waals surface area (Å²) in [5.41, 5.74) is 4.71. The third kappa shape index (κ3) is 4.92. The van der Waals surface area contributed by atoms with Gasteiger partial charge >= 0.3 is 0 Å². The normalized spacial score (nSPS) is 11.4. The molecule has 2 aromatic carbocycles. The molecule has 2 aromatic heterocycles. The van der Waals surface area contributed by atoms with E-state index < -0.39 is 0 Å². The molecule has 0 radical (unpaired) electrons. The summed E-state index contributed by atoms with van der Waals surface area (Å²) in [7, 11) is 0. The molecule has 168 valence electrons. The molecule has 0 aliphatic rings. The molecule has 0 saturated carbocycles. The molecular weight excluding hydrogens is 416 g/mol. The Morgan fingerprint density at radius 1 is 0.909 bits per heavy atom. The van der Waals surface area contributed by atoms with Gasteiger partial charge in [-0.2, -0.15) is 0 Å². The number of nitrogens with one attached hydrogen (secondary N) is 2. The van der Waals surface area contributed by atoms with Crippen molar-refractivity contribution in [1.82, 2.24) is 15.5 Å². The van der Waals surface area contributed by atoms with Gasteiger partial charge in [-0.3, -0.25) is 9.59 Å². The zero-order valence-corrected chi connectivity index (χ0v) is 19.3. The van der Waals surface area contributed by atoms with Crippen molar-refractivity contribution in [1.29, 1.82) is 0 Å². The monoisotopic (exact) mass is 442 g/mol. The van der Waals surface area contributed by atoms with Gasteiger partial charge < -0.3 is 15.2 Å². The van der Waals surface area contributed by atoms with Crippen molar-refractivity contribution in [2.24, 2.45) is 0 Å². The van der Waals surface area contributed by atoms with E-state index in [1.54, 1.807) is 37.3 Å². The predicted molar refractivity (Wildman–Crippen MR) is 128 cm³/mol. The Morgan fingerprint density at radius 2 is 1.58 bits per heavy atom. The van der Waals surface area contributed by atoms with Crippen molar-refractivity contribution >= 4 is 28.6 Å². The van der Waals surface area contributed by atoms with Crippen LogP contribution in [-0.4, -0.2) is 27.5 Å². The van der Waals surface area contributed by atoms with Crippen LogP contribution in [-0.2, 0) is 0 Å². The molecular formula is C26H26N4O3. The van der Waals surface area contributed by atoms with Gasteiger partial charge in [-0.1, -0.05) is 35.0 Å². The molecule has 4 rings (SSSR count). The minimum atomic E-state index is -0.331. The SMILES string of the molecule is Cc1ccc(-c2cc(C(=O)Nc3ccc(C(=O)NC(C)(C)C)cc3)c3c(C)noc3n2)cc1. The van der Waals surface area contributed by atoms with Crippen LogP contribution in [0.5, 0.6) is 0 Å². The van der Waals surface area contributed by atoms with Crippen LogP contribution in [0.25, 0.3) is 22.4 Å². The highest BCUT2D eigenvalue weighted by atomic mass is 16.5. The lowest BCUT2D eigenvalue weighted by Gasteiger charge is -2.20. The van der Waals surface area contributed by atoms with Crippen molar-refractivity contribution in [3.63, 3.8) is 0 Å². The molecule has 0 fully saturated rings. The van der Waals surface area contributed by atoms with Crippen molar-refractivity contribution in [3.8, 4) is 11.3 Å². The molecule has 7 nitrogen and oxygen atoms in total. The number of carbonyl (C=O) groups excluding carboxylic acids is 2. The van der Waals surface area contributed by atoms with Gasteiger partial charge in [0.25, 0.3) is 17.5 Å². The van der Waals surface area contributed by atoms with Gasteiger partial charge in [0.05, 0.1) is 22.3 Å². The minimum Gasteiger partial charge on any atom is -0.347 e. The summed E-state index contributed by atoms with van der Waals surface area (Å²) in [6.45, 7) is 9.56. The van der Waals surface area contributed by atoms with Crippen LogP contribution >= 0.6 is 0 Å². The van der Waals surface area contributed by atoms with E-state index in [0.29, 0.717) is 39.3 Å². The summed E-state index contributed by atoms with van der Waals surface area (Å²) in [4.78, 5) is 30.1. The number of anilines is 1. The number of aromatic nitrogens is 2. The largest absolute Gasteiger partial charge is 0.347 e. The Morgan fingerprint density at radius 3 is 2.21 bits per heavy atom. The molecule has 2 heterocycles. The average Bonchev–Trinajstić information content (AvgIpc) is 3.13. The number of nitrogens with zero attached hydrogens (tertiary/aromatic N) is 2. The van der Waals surface area contributed by atoms with E-state index in [-0.39, 0.29) is 17.4 Å². The van der Waals surface area contributed by atoms with Gasteiger partial charge in [0.1, 0.15) is 0 Å². The smallest absolute Gasteiger partial charge is 0.259 e. The van der Waals surface area contributed by atoms with Gasteiger partial charge in [0.2, 0.25) is 0 Å². The van der Waals surface area contributed by atoms with Crippen molar-refractivity contribution in [3.05, 3.63) is 77.0 Å². The molecule has 0 spiro atoms. The Bertz CT molecular complexity index is 1330. The lowest BCUT2D eigenvalue weighted by Crippen LogP contribution is -2.40. The second-order valence-electron chi connectivity index (χ2n) is 9.10. The molecule has 0 atom stereocenters. The van der Waals surface area contributed by atoms with Crippen LogP contribution in [0.3, 0.4) is 0 Å². The maximum Gasteiger partial charge on any atom is 0.259 e. The second-order valence-corrected chi connectivity index (χ2v) is 9.10. The van der Waals surface area contributed by atoms with Crippen molar-refractivity contribution in [2.45, 2.75) is 40.2 Å². The number of fused-ring (bicyclic) bond motifs is 1. The van der Waals surface area contributed by atoms with E-state index in [1.165, 1.54) is 0 Å². The quantitative estimate of drug-likeness (QED) is 0.448. The van der Waals surface area contributed by atoms with Crippen LogP contribution in [0.4, 0.5) is 5.69 Å². The summed E-state index contributed by atoms with van der Waals surface area (Å²) in [6, 6.07) is 16.4. The summed E-state index contributed by atoms with van der Waals surface area (Å²) in [6.07, 6.45) is 0. The summed E-state index contributed by atoms with van der Waals surface area (Å²) in [5.74, 6) is -0.479. The van der Waals surface area contributed by atoms with E-state index >= 15 is 0 Å². The molecule has 0 unspecified atom stereocenters. The van der Waals surface area contributed by atoms with E-state index in [2.05, 4.69) is 20.8 Å². The first-order chi connectivity index (χ1) is 15.6. The number of rotatable bonds is 4. The molecule has 0 aliphatic carbocycles. The maximum atomic E-state index is 13.2. The number of hydrogen-bond acceptors (Lipinski definition) is 5. The molecule has 2 N–H and O–H groups in total. The Kier molecular flexibility index (Phi) is 5.72. The van der Waals surface area contributed by atoms with Gasteiger partial charge in [-0.15, -0.1) is 0 Å². The van der Waals surface area contributed by atoms with Crippen molar-refractivity contribution < 1.29 is 14.1 Å². The number of benzene rings is 2. The summed E-state index contributed by atoms with van der Waals surface area (Å²) < 4.78 is 5.37. The fourth-order valence-electron chi connectivity index (χ4n) is 3.46. The third-order valence-corrected chi connectivity index (χ3v) is 5.10. The molecule has 33 heavy (non-hydrogen) atoms. The number of aryl methyl sites for hydroxylation is 2. The highest BCUT2D eigenvalue weighted by molar-refractivity contribution is 6.13. The van der Waals surface area contributed by atoms with Crippen LogP contribution in [0.1, 0.15) is 52.7 Å². The first-order valence-electron chi connectivity index (χ1n) is 10.7. The Hall–Kier alpha value is -4.00. The van der Waals surface area contributed by atoms with Gasteiger partial charge in [0.15, 0.2) is 0 Å². The zero-order chi connectivity index (χ0) is 23.8. The second kappa shape index (κ2) is 8.50. The maximum absolute atomic E-state index is 13.2. The Labute approximate surface area is 192 Å². The molecule has 4 aromatic rings. The van der Waals surface area contributed by atoms with E-state index in [1.807, 2.05) is 52.0 Å². The lowest BCUT2D eigenvalue weighted by molar-refractivity contribution is 0.0919. The zero-order valence-electron chi connectivity index (χ0n) is 19.3. The minimum absolute atomic E-state index is 0.168. The average molecular weight is 443 g/mol. The molecule has 7 heteroatoms. The van der Waals surface area contributed by atoms with Crippen LogP contribution in [0.15, 0.2) is 59.1 Å². The van der Waals surface area contributed by atoms with E-state index in [0.717, 1.165) is 11.1 Å². The summed E-state index contributed by atoms with van der Waals surface area (Å²) in [5, 5.41) is 10.4. The fraction of sp³-hybridized carbons (Fsp3) is 0.231. The molecule has 2 amide bonds. The topological polar surface area (TPSA) is 97.1 Å². The highest BCUT2D eigenvalue weighted by Gasteiger charge is 2.20. The van der Waals surface area contributed by atoms with Crippen molar-refractivity contribution in [2.75, 3.05) is 5.32 Å². The molecule has 0 aliphatic heterocycles. The van der Waals surface area contributed by atoms with Gasteiger partial charge in [-0.05, 0) is 65.0 Å². The number of carbonyl (C=O) groups is 2. The van der Waals surface area contributed by atoms with E-state index in [4.69, 9.17) is 4.52 Å². The summed E-state index contributed by atoms with van der Waals surface area (Å²) >= 11 is 0. The Balaban J connectivity index is 1.63. The first-order valence-corrected chi connectivity index (χ1v) is 10.7. The first kappa shape index (κ1) is 22.2. The third-order valence-electron chi connectivity index (χ3n) is 5.10. The number of pyridine rings is 1.